The first-order chi connectivity index (χ1) is 6.03. The zero-order chi connectivity index (χ0) is 9.90. The van der Waals surface area contributed by atoms with Crippen LogP contribution in [0.2, 0.25) is 0 Å². The van der Waals surface area contributed by atoms with Gasteiger partial charge in [-0.1, -0.05) is 0 Å². The second-order valence-corrected chi connectivity index (χ2v) is 6.61. The zero-order valence-corrected chi connectivity index (χ0v) is 9.82. The molecule has 1 aromatic rings. The first-order valence-electron chi connectivity index (χ1n) is 4.15. The van der Waals surface area contributed by atoms with Gasteiger partial charge in [-0.3, -0.25) is 4.57 Å². The van der Waals surface area contributed by atoms with Crippen molar-refractivity contribution in [2.75, 3.05) is 13.3 Å². The molecule has 1 atom stereocenters. The molecule has 1 rings (SSSR count). The maximum atomic E-state index is 11.7. The SMILES string of the molecule is CCO[P@@](C)(=O)Cc1csc(C)n1. The van der Waals surface area contributed by atoms with Gasteiger partial charge in [0.15, 0.2) is 0 Å². The fraction of sp³-hybridized carbons (Fsp3) is 0.625. The van der Waals surface area contributed by atoms with Gasteiger partial charge in [-0.05, 0) is 13.8 Å². The van der Waals surface area contributed by atoms with Crippen molar-refractivity contribution in [3.63, 3.8) is 0 Å². The number of nitrogens with zero attached hydrogens (tertiary/aromatic N) is 1. The lowest BCUT2D eigenvalue weighted by molar-refractivity contribution is 0.336. The van der Waals surface area contributed by atoms with Crippen LogP contribution < -0.4 is 0 Å². The standard InChI is InChI=1S/C8H14NO2PS/c1-4-11-12(3,10)5-8-6-13-7(2)9-8/h6H,4-5H2,1-3H3/t12-/m1/s1. The first-order valence-corrected chi connectivity index (χ1v) is 7.29. The van der Waals surface area contributed by atoms with E-state index in [9.17, 15) is 4.57 Å². The molecule has 0 unspecified atom stereocenters. The lowest BCUT2D eigenvalue weighted by atomic mass is 10.6. The van der Waals surface area contributed by atoms with E-state index in [4.69, 9.17) is 4.52 Å². The van der Waals surface area contributed by atoms with Crippen LogP contribution in [0.3, 0.4) is 0 Å². The van der Waals surface area contributed by atoms with E-state index in [1.54, 1.807) is 18.0 Å². The molecule has 0 saturated carbocycles. The Kier molecular flexibility index (Phi) is 3.65. The maximum absolute atomic E-state index is 11.7. The van der Waals surface area contributed by atoms with Crippen molar-refractivity contribution >= 4 is 18.7 Å². The molecule has 74 valence electrons. The van der Waals surface area contributed by atoms with E-state index in [0.717, 1.165) is 10.7 Å². The number of rotatable bonds is 4. The highest BCUT2D eigenvalue weighted by atomic mass is 32.1. The summed E-state index contributed by atoms with van der Waals surface area (Å²) in [6, 6.07) is 0. The van der Waals surface area contributed by atoms with Crippen LogP contribution in [-0.2, 0) is 15.3 Å². The van der Waals surface area contributed by atoms with Gasteiger partial charge in [-0.2, -0.15) is 0 Å². The van der Waals surface area contributed by atoms with Gasteiger partial charge >= 0.3 is 0 Å². The number of thiazole rings is 1. The molecule has 1 heterocycles. The van der Waals surface area contributed by atoms with Crippen LogP contribution in [0.15, 0.2) is 5.38 Å². The highest BCUT2D eigenvalue weighted by Gasteiger charge is 2.17. The third-order valence-corrected chi connectivity index (χ3v) is 4.04. The molecule has 3 nitrogen and oxygen atoms in total. The molecular weight excluding hydrogens is 205 g/mol. The largest absolute Gasteiger partial charge is 0.329 e. The Morgan fingerprint density at radius 1 is 1.69 bits per heavy atom. The molecule has 0 N–H and O–H groups in total. The number of hydrogen-bond acceptors (Lipinski definition) is 4. The molecule has 0 aliphatic carbocycles. The van der Waals surface area contributed by atoms with Crippen molar-refractivity contribution in [1.29, 1.82) is 0 Å². The fourth-order valence-electron chi connectivity index (χ4n) is 1.09. The van der Waals surface area contributed by atoms with Gasteiger partial charge in [0.2, 0.25) is 7.37 Å². The molecule has 0 fully saturated rings. The summed E-state index contributed by atoms with van der Waals surface area (Å²) in [5.41, 5.74) is 0.877. The van der Waals surface area contributed by atoms with Gasteiger partial charge in [-0.15, -0.1) is 11.3 Å². The summed E-state index contributed by atoms with van der Waals surface area (Å²) in [6.07, 6.45) is 0.450. The Labute approximate surface area is 82.6 Å². The van der Waals surface area contributed by atoms with Gasteiger partial charge in [-0.25, -0.2) is 4.98 Å². The van der Waals surface area contributed by atoms with Crippen molar-refractivity contribution in [3.05, 3.63) is 16.1 Å². The molecule has 1 aromatic heterocycles. The average Bonchev–Trinajstić information content (AvgIpc) is 2.34. The summed E-state index contributed by atoms with van der Waals surface area (Å²) in [6.45, 7) is 5.94. The number of hydrogen-bond donors (Lipinski definition) is 0. The normalized spacial score (nSPS) is 15.6. The monoisotopic (exact) mass is 219 g/mol. The topological polar surface area (TPSA) is 39.2 Å². The highest BCUT2D eigenvalue weighted by Crippen LogP contribution is 2.45. The summed E-state index contributed by atoms with van der Waals surface area (Å²) in [7, 11) is -2.46. The molecule has 13 heavy (non-hydrogen) atoms. The second kappa shape index (κ2) is 4.36. The Hall–Kier alpha value is -0.180. The van der Waals surface area contributed by atoms with E-state index < -0.39 is 7.37 Å². The van der Waals surface area contributed by atoms with Crippen LogP contribution in [0.25, 0.3) is 0 Å². The van der Waals surface area contributed by atoms with Crippen molar-refractivity contribution < 1.29 is 9.09 Å². The Balaban J connectivity index is 2.63. The lowest BCUT2D eigenvalue weighted by Crippen LogP contribution is -1.92. The smallest absolute Gasteiger partial charge is 0.206 e. The Bertz CT molecular complexity index is 324. The van der Waals surface area contributed by atoms with E-state index in [1.165, 1.54) is 0 Å². The van der Waals surface area contributed by atoms with Crippen LogP contribution in [0.1, 0.15) is 17.6 Å². The van der Waals surface area contributed by atoms with E-state index in [-0.39, 0.29) is 0 Å². The van der Waals surface area contributed by atoms with E-state index in [2.05, 4.69) is 4.98 Å². The van der Waals surface area contributed by atoms with Crippen molar-refractivity contribution in [3.8, 4) is 0 Å². The minimum atomic E-state index is -2.46. The van der Waals surface area contributed by atoms with E-state index >= 15 is 0 Å². The fourth-order valence-corrected chi connectivity index (χ4v) is 3.22. The molecule has 0 saturated heterocycles. The Morgan fingerprint density at radius 3 is 2.85 bits per heavy atom. The van der Waals surface area contributed by atoms with Gasteiger partial charge < -0.3 is 4.52 Å². The predicted octanol–water partition coefficient (Wildman–Crippen LogP) is 2.90. The van der Waals surface area contributed by atoms with Crippen LogP contribution in [0.5, 0.6) is 0 Å². The molecule has 0 aliphatic heterocycles. The Morgan fingerprint density at radius 2 is 2.38 bits per heavy atom. The first kappa shape index (κ1) is 10.9. The van der Waals surface area contributed by atoms with Crippen molar-refractivity contribution in [2.24, 2.45) is 0 Å². The van der Waals surface area contributed by atoms with Crippen LogP contribution in [0, 0.1) is 6.92 Å². The van der Waals surface area contributed by atoms with Gasteiger partial charge in [0.1, 0.15) is 0 Å². The third kappa shape index (κ3) is 3.59. The molecule has 5 heteroatoms. The van der Waals surface area contributed by atoms with Crippen molar-refractivity contribution in [2.45, 2.75) is 20.0 Å². The molecular formula is C8H14NO2PS. The minimum absolute atomic E-state index is 0.450. The minimum Gasteiger partial charge on any atom is -0.329 e. The predicted molar refractivity (Wildman–Crippen MR) is 55.7 cm³/mol. The second-order valence-electron chi connectivity index (χ2n) is 2.95. The van der Waals surface area contributed by atoms with E-state index in [1.807, 2.05) is 19.2 Å². The summed E-state index contributed by atoms with van der Waals surface area (Å²) in [4.78, 5) is 4.24. The number of aromatic nitrogens is 1. The zero-order valence-electron chi connectivity index (χ0n) is 8.11. The summed E-state index contributed by atoms with van der Waals surface area (Å²) in [5.74, 6) is 0. The quantitative estimate of drug-likeness (QED) is 0.731. The summed E-state index contributed by atoms with van der Waals surface area (Å²) < 4.78 is 16.9. The molecule has 0 bridgehead atoms. The molecule has 0 aromatic carbocycles. The third-order valence-electron chi connectivity index (χ3n) is 1.52. The molecule has 0 spiro atoms. The molecule has 0 radical (unpaired) electrons. The highest BCUT2D eigenvalue weighted by molar-refractivity contribution is 7.57. The van der Waals surface area contributed by atoms with Crippen LogP contribution >= 0.6 is 18.7 Å². The number of aryl methyl sites for hydroxylation is 1. The van der Waals surface area contributed by atoms with Gasteiger partial charge in [0, 0.05) is 12.0 Å². The molecule has 0 aliphatic rings. The van der Waals surface area contributed by atoms with Crippen molar-refractivity contribution in [1.82, 2.24) is 4.98 Å². The summed E-state index contributed by atoms with van der Waals surface area (Å²) in [5, 5.41) is 2.94. The van der Waals surface area contributed by atoms with Gasteiger partial charge in [0.05, 0.1) is 23.5 Å². The summed E-state index contributed by atoms with van der Waals surface area (Å²) >= 11 is 1.58. The van der Waals surface area contributed by atoms with Crippen LogP contribution in [0.4, 0.5) is 0 Å². The average molecular weight is 219 g/mol. The lowest BCUT2D eigenvalue weighted by Gasteiger charge is -2.10. The maximum Gasteiger partial charge on any atom is 0.206 e. The van der Waals surface area contributed by atoms with Gasteiger partial charge in [0.25, 0.3) is 0 Å². The molecule has 0 amide bonds. The van der Waals surface area contributed by atoms with Crippen LogP contribution in [-0.4, -0.2) is 18.3 Å². The van der Waals surface area contributed by atoms with E-state index in [0.29, 0.717) is 12.8 Å².